The smallest absolute Gasteiger partial charge is 0.253 e. The molecule has 4 heterocycles. The molecule has 0 saturated carbocycles. The maximum Gasteiger partial charge on any atom is 0.253 e. The van der Waals surface area contributed by atoms with Gasteiger partial charge in [0, 0.05) is 36.6 Å². The average molecular weight is 1010 g/mol. The van der Waals surface area contributed by atoms with E-state index >= 15 is 0 Å². The predicted molar refractivity (Wildman–Crippen MR) is 252 cm³/mol. The first kappa shape index (κ1) is 53.7. The Morgan fingerprint density at radius 2 is 1.07 bits per heavy atom. The summed E-state index contributed by atoms with van der Waals surface area (Å²) < 4.78 is 93.8. The van der Waals surface area contributed by atoms with Crippen LogP contribution in [0.3, 0.4) is 0 Å². The van der Waals surface area contributed by atoms with E-state index in [4.69, 9.17) is 45.9 Å². The molecule has 0 amide bonds. The van der Waals surface area contributed by atoms with Crippen molar-refractivity contribution >= 4 is 72.0 Å². The van der Waals surface area contributed by atoms with Crippen molar-refractivity contribution in [2.75, 3.05) is 21.7 Å². The number of hydrogen-bond acceptors (Lipinski definition) is 20. The zero-order valence-electron chi connectivity index (χ0n) is 34.8. The predicted octanol–water partition coefficient (Wildman–Crippen LogP) is 7.49. The van der Waals surface area contributed by atoms with E-state index < -0.39 is 31.7 Å². The Bertz CT molecular complexity index is 3170. The van der Waals surface area contributed by atoms with Gasteiger partial charge in [0.2, 0.25) is 43.1 Å². The molecule has 0 bridgehead atoms. The zero-order valence-corrected chi connectivity index (χ0v) is 37.2. The quantitative estimate of drug-likeness (QED) is 0.0453. The highest BCUT2D eigenvalue weighted by molar-refractivity contribution is 7.89. The maximum atomic E-state index is 14.2. The standard InChI is InChI=1S/C20H18FN7O4S.C14H11ClFN5O2.C6H8N2O2S.2CH4/c1-12-27-28-18(32-12)11-31-15-7-5-13(6-8-15)24-19-17(21)10-23-20(26-19)25-14-3-2-4-16(9-14)33(22,29)30;1-8-20-21-12(23-8)7-22-10-4-2-9(3-5-10)18-13-11(16)6-17-14(15)19-13;7-5-2-1-3-6(4-5)11(8,9)10;;/h2-10H,11H2,1H3,(H2,22,29,30)(H2,23,24,25,26);2-6H,7H2,1H3,(H,17,18,19);1-4H,7H2,(H2,8,9,10);2*1H4. The number of primary sulfonamides is 2. The van der Waals surface area contributed by atoms with Crippen LogP contribution in [0.25, 0.3) is 0 Å². The summed E-state index contributed by atoms with van der Waals surface area (Å²) in [6, 6.07) is 25.2. The molecular weight excluding hydrogens is 966 g/mol. The Morgan fingerprint density at radius 1 is 0.609 bits per heavy atom. The van der Waals surface area contributed by atoms with Crippen molar-refractivity contribution in [3.63, 3.8) is 0 Å². The number of ether oxygens (including phenoxy) is 2. The Kier molecular flexibility index (Phi) is 18.8. The molecule has 8 rings (SSSR count). The number of nitrogens with two attached hydrogens (primary N) is 3. The first-order valence-electron chi connectivity index (χ1n) is 18.9. The van der Waals surface area contributed by atoms with Crippen LogP contribution in [0, 0.1) is 25.5 Å². The van der Waals surface area contributed by atoms with Crippen LogP contribution in [-0.2, 0) is 33.3 Å². The highest BCUT2D eigenvalue weighted by atomic mass is 35.5. The molecule has 22 nitrogen and oxygen atoms in total. The van der Waals surface area contributed by atoms with Gasteiger partial charge in [0.05, 0.1) is 22.2 Å². The molecule has 0 unspecified atom stereocenters. The lowest BCUT2D eigenvalue weighted by atomic mass is 10.3. The van der Waals surface area contributed by atoms with Gasteiger partial charge in [-0.05, 0) is 96.5 Å². The van der Waals surface area contributed by atoms with E-state index in [1.165, 1.54) is 36.4 Å². The number of hydrogen-bond donors (Lipinski definition) is 6. The lowest BCUT2D eigenvalue weighted by Gasteiger charge is -2.11. The highest BCUT2D eigenvalue weighted by Crippen LogP contribution is 2.25. The fourth-order valence-corrected chi connectivity index (χ4v) is 6.41. The third kappa shape index (κ3) is 16.7. The number of sulfonamides is 2. The SMILES string of the molecule is C.C.Cc1nnc(COc2ccc(Nc3nc(Cl)ncc3F)cc2)o1.Cc1nnc(COc2ccc(Nc3nc(Nc4cccc(S(N)(=O)=O)c4)ncc3F)cc2)o1.Nc1cccc(S(N)(=O)=O)c1. The number of nitrogen functional groups attached to an aromatic ring is 1. The highest BCUT2D eigenvalue weighted by Gasteiger charge is 2.13. The molecule has 69 heavy (non-hydrogen) atoms. The van der Waals surface area contributed by atoms with Crippen LogP contribution in [0.1, 0.15) is 38.4 Å². The third-order valence-corrected chi connectivity index (χ3v) is 10.2. The largest absolute Gasteiger partial charge is 0.484 e. The van der Waals surface area contributed by atoms with E-state index in [2.05, 4.69) is 56.3 Å². The van der Waals surface area contributed by atoms with Crippen LogP contribution in [0.4, 0.5) is 49.1 Å². The number of rotatable bonds is 14. The molecule has 0 saturated heterocycles. The summed E-state index contributed by atoms with van der Waals surface area (Å²) in [7, 11) is -7.48. The second-order valence-corrected chi connectivity index (χ2v) is 16.8. The fourth-order valence-electron chi connectivity index (χ4n) is 5.14. The van der Waals surface area contributed by atoms with Gasteiger partial charge in [-0.2, -0.15) is 9.97 Å². The van der Waals surface area contributed by atoms with Crippen LogP contribution in [0.15, 0.2) is 128 Å². The molecule has 0 aliphatic heterocycles. The van der Waals surface area contributed by atoms with Crippen molar-refractivity contribution in [3.05, 3.63) is 150 Å². The van der Waals surface area contributed by atoms with Crippen molar-refractivity contribution in [1.29, 1.82) is 0 Å². The topological polar surface area (TPSA) is 330 Å². The van der Waals surface area contributed by atoms with Gasteiger partial charge in [-0.1, -0.05) is 27.0 Å². The molecule has 27 heteroatoms. The Hall–Kier alpha value is -7.91. The van der Waals surface area contributed by atoms with E-state index in [-0.39, 0.29) is 60.7 Å². The maximum absolute atomic E-state index is 14.2. The molecule has 0 aliphatic carbocycles. The minimum absolute atomic E-state index is 0. The lowest BCUT2D eigenvalue weighted by Crippen LogP contribution is -2.12. The molecule has 8 aromatic rings. The van der Waals surface area contributed by atoms with E-state index in [9.17, 15) is 25.6 Å². The normalized spacial score (nSPS) is 10.7. The summed E-state index contributed by atoms with van der Waals surface area (Å²) in [4.78, 5) is 15.3. The molecule has 0 aliphatic rings. The molecule has 4 aromatic heterocycles. The fraction of sp³-hybridized carbons (Fsp3) is 0.143. The summed E-state index contributed by atoms with van der Waals surface area (Å²) >= 11 is 5.64. The minimum Gasteiger partial charge on any atom is -0.484 e. The van der Waals surface area contributed by atoms with Crippen molar-refractivity contribution in [2.24, 2.45) is 10.3 Å². The Labute approximate surface area is 399 Å². The molecule has 0 fully saturated rings. The van der Waals surface area contributed by atoms with Crippen molar-refractivity contribution in [2.45, 2.75) is 51.7 Å². The zero-order chi connectivity index (χ0) is 48.1. The van der Waals surface area contributed by atoms with Gasteiger partial charge >= 0.3 is 0 Å². The number of aryl methyl sites for hydroxylation is 2. The van der Waals surface area contributed by atoms with Gasteiger partial charge in [0.25, 0.3) is 11.8 Å². The number of nitrogens with one attached hydrogen (secondary N) is 3. The molecule has 9 N–H and O–H groups in total. The molecule has 0 spiro atoms. The second-order valence-electron chi connectivity index (χ2n) is 13.3. The number of halogens is 3. The van der Waals surface area contributed by atoms with Crippen LogP contribution >= 0.6 is 11.6 Å². The van der Waals surface area contributed by atoms with E-state index in [1.807, 2.05) is 0 Å². The van der Waals surface area contributed by atoms with Gasteiger partial charge in [0.1, 0.15) is 11.5 Å². The number of nitrogens with zero attached hydrogens (tertiary/aromatic N) is 8. The van der Waals surface area contributed by atoms with Crippen molar-refractivity contribution in [3.8, 4) is 11.5 Å². The van der Waals surface area contributed by atoms with Gasteiger partial charge in [-0.3, -0.25) is 0 Å². The molecule has 4 aromatic carbocycles. The van der Waals surface area contributed by atoms with Crippen LogP contribution < -0.4 is 41.4 Å². The lowest BCUT2D eigenvalue weighted by molar-refractivity contribution is 0.260. The number of aromatic nitrogens is 8. The van der Waals surface area contributed by atoms with E-state index in [0.29, 0.717) is 57.8 Å². The van der Waals surface area contributed by atoms with Crippen LogP contribution in [0.2, 0.25) is 5.28 Å². The van der Waals surface area contributed by atoms with Crippen molar-refractivity contribution in [1.82, 2.24) is 40.3 Å². The van der Waals surface area contributed by atoms with Gasteiger partial charge in [0.15, 0.2) is 36.5 Å². The van der Waals surface area contributed by atoms with Crippen molar-refractivity contribution < 1.29 is 43.9 Å². The first-order chi connectivity index (χ1) is 31.9. The van der Waals surface area contributed by atoms with Crippen LogP contribution in [0.5, 0.6) is 11.5 Å². The van der Waals surface area contributed by atoms with Crippen LogP contribution in [-0.4, -0.2) is 57.2 Å². The second kappa shape index (κ2) is 24.2. The summed E-state index contributed by atoms with van der Waals surface area (Å²) in [5.74, 6) is 1.54. The van der Waals surface area contributed by atoms with Gasteiger partial charge in [-0.15, -0.1) is 20.4 Å². The summed E-state index contributed by atoms with van der Waals surface area (Å²) in [6.45, 7) is 3.68. The van der Waals surface area contributed by atoms with Gasteiger partial charge in [-0.25, -0.2) is 45.9 Å². The minimum atomic E-state index is -3.87. The van der Waals surface area contributed by atoms with Gasteiger partial charge < -0.3 is 40.0 Å². The summed E-state index contributed by atoms with van der Waals surface area (Å²) in [5.41, 5.74) is 7.27. The number of benzene rings is 4. The Balaban J connectivity index is 0.000000250. The average Bonchev–Trinajstić information content (AvgIpc) is 3.92. The molecule has 0 radical (unpaired) electrons. The number of anilines is 7. The van der Waals surface area contributed by atoms with E-state index in [1.54, 1.807) is 74.5 Å². The summed E-state index contributed by atoms with van der Waals surface area (Å²) in [5, 5.41) is 33.6. The first-order valence-corrected chi connectivity index (χ1v) is 22.4. The summed E-state index contributed by atoms with van der Waals surface area (Å²) in [6.07, 6.45) is 1.99. The Morgan fingerprint density at radius 3 is 1.52 bits per heavy atom. The monoisotopic (exact) mass is 1010 g/mol. The van der Waals surface area contributed by atoms with E-state index in [0.717, 1.165) is 12.4 Å². The third-order valence-electron chi connectivity index (χ3n) is 8.16. The molecule has 364 valence electrons. The molecular formula is C42H45ClF2N14O8S2. The molecule has 0 atom stereocenters.